The van der Waals surface area contributed by atoms with E-state index >= 15 is 0 Å². The average Bonchev–Trinajstić information content (AvgIpc) is 2.39. The van der Waals surface area contributed by atoms with E-state index < -0.39 is 0 Å². The number of carbonyl (C=O) groups excluding carboxylic acids is 1. The molecule has 0 aliphatic rings. The number of nitrogens with one attached hydrogen (secondary N) is 2. The maximum absolute atomic E-state index is 11.8. The van der Waals surface area contributed by atoms with Crippen molar-refractivity contribution < 1.29 is 4.79 Å². The van der Waals surface area contributed by atoms with Crippen LogP contribution in [0, 0.1) is 6.92 Å². The molecule has 1 aromatic heterocycles. The number of para-hydroxylation sites is 1. The molecule has 0 spiro atoms. The number of aryl methyl sites for hydroxylation is 1. The van der Waals surface area contributed by atoms with Crippen LogP contribution in [-0.2, 0) is 0 Å². The molecule has 2 N–H and O–H groups in total. The summed E-state index contributed by atoms with van der Waals surface area (Å²) in [6.07, 6.45) is 0.755. The number of aromatic nitrogens is 1. The lowest BCUT2D eigenvalue weighted by atomic mass is 10.1. The summed E-state index contributed by atoms with van der Waals surface area (Å²) in [5.74, 6) is 0.539. The molecule has 2 amide bonds. The Morgan fingerprint density at radius 1 is 1.37 bits per heavy atom. The zero-order valence-corrected chi connectivity index (χ0v) is 11.5. The first-order valence-electron chi connectivity index (χ1n) is 6.18. The van der Waals surface area contributed by atoms with Crippen molar-refractivity contribution in [2.24, 2.45) is 0 Å². The second-order valence-corrected chi connectivity index (χ2v) is 4.63. The van der Waals surface area contributed by atoms with Crippen molar-refractivity contribution in [3.63, 3.8) is 0 Å². The Hall–Kier alpha value is -1.81. The predicted molar refractivity (Wildman–Crippen MR) is 78.8 cm³/mol. The molecule has 2 aromatic rings. The Kier molecular flexibility index (Phi) is 4.58. The Morgan fingerprint density at radius 2 is 2.16 bits per heavy atom. The zero-order valence-electron chi connectivity index (χ0n) is 10.7. The van der Waals surface area contributed by atoms with E-state index in [1.165, 1.54) is 0 Å². The predicted octanol–water partition coefficient (Wildman–Crippen LogP) is 3.29. The number of pyridine rings is 1. The molecule has 0 aliphatic carbocycles. The minimum Gasteiger partial charge on any atom is -0.338 e. The third-order valence-corrected chi connectivity index (χ3v) is 2.96. The monoisotopic (exact) mass is 277 g/mol. The lowest BCUT2D eigenvalue weighted by molar-refractivity contribution is 0.252. The fourth-order valence-electron chi connectivity index (χ4n) is 1.85. The number of anilines is 1. The van der Waals surface area contributed by atoms with Gasteiger partial charge < -0.3 is 10.6 Å². The van der Waals surface area contributed by atoms with Gasteiger partial charge in [-0.1, -0.05) is 18.2 Å². The van der Waals surface area contributed by atoms with E-state index in [2.05, 4.69) is 15.6 Å². The first kappa shape index (κ1) is 13.6. The van der Waals surface area contributed by atoms with Crippen LogP contribution in [0.25, 0.3) is 10.9 Å². The van der Waals surface area contributed by atoms with E-state index in [0.29, 0.717) is 12.4 Å². The molecule has 0 fully saturated rings. The number of nitrogens with zero attached hydrogens (tertiary/aromatic N) is 1. The summed E-state index contributed by atoms with van der Waals surface area (Å²) in [6.45, 7) is 2.47. The van der Waals surface area contributed by atoms with E-state index in [-0.39, 0.29) is 6.03 Å². The van der Waals surface area contributed by atoms with Crippen molar-refractivity contribution in [1.29, 1.82) is 0 Å². The van der Waals surface area contributed by atoms with E-state index in [1.54, 1.807) is 0 Å². The third kappa shape index (κ3) is 3.58. The van der Waals surface area contributed by atoms with Crippen LogP contribution < -0.4 is 10.6 Å². The first-order chi connectivity index (χ1) is 9.20. The summed E-state index contributed by atoms with van der Waals surface area (Å²) >= 11 is 5.56. The van der Waals surface area contributed by atoms with Gasteiger partial charge in [0.05, 0.1) is 11.2 Å². The highest BCUT2D eigenvalue weighted by Crippen LogP contribution is 2.22. The van der Waals surface area contributed by atoms with Gasteiger partial charge in [0.2, 0.25) is 0 Å². The van der Waals surface area contributed by atoms with Crippen LogP contribution in [0.3, 0.4) is 0 Å². The smallest absolute Gasteiger partial charge is 0.319 e. The maximum Gasteiger partial charge on any atom is 0.319 e. The quantitative estimate of drug-likeness (QED) is 0.665. The number of alkyl halides is 1. The number of hydrogen-bond acceptors (Lipinski definition) is 2. The van der Waals surface area contributed by atoms with Crippen molar-refractivity contribution >= 4 is 34.2 Å². The molecule has 0 atom stereocenters. The van der Waals surface area contributed by atoms with Gasteiger partial charge in [-0.25, -0.2) is 4.79 Å². The Bertz CT molecular complexity index is 586. The number of carbonyl (C=O) groups is 1. The fourth-order valence-corrected chi connectivity index (χ4v) is 1.98. The summed E-state index contributed by atoms with van der Waals surface area (Å²) in [7, 11) is 0. The van der Waals surface area contributed by atoms with Gasteiger partial charge in [-0.2, -0.15) is 0 Å². The minimum absolute atomic E-state index is 0.221. The lowest BCUT2D eigenvalue weighted by Crippen LogP contribution is -2.29. The van der Waals surface area contributed by atoms with Crippen LogP contribution in [0.15, 0.2) is 30.3 Å². The van der Waals surface area contributed by atoms with E-state index in [9.17, 15) is 4.79 Å². The molecule has 4 nitrogen and oxygen atoms in total. The highest BCUT2D eigenvalue weighted by Gasteiger charge is 2.06. The number of amides is 2. The van der Waals surface area contributed by atoms with Crippen molar-refractivity contribution in [2.45, 2.75) is 13.3 Å². The normalized spacial score (nSPS) is 10.4. The van der Waals surface area contributed by atoms with Crippen molar-refractivity contribution in [3.8, 4) is 0 Å². The molecule has 0 bridgehead atoms. The lowest BCUT2D eigenvalue weighted by Gasteiger charge is -2.10. The molecule has 100 valence electrons. The number of urea groups is 1. The van der Waals surface area contributed by atoms with Gasteiger partial charge in [-0.15, -0.1) is 11.6 Å². The number of hydrogen-bond donors (Lipinski definition) is 2. The zero-order chi connectivity index (χ0) is 13.7. The SMILES string of the molecule is Cc1cc(NC(=O)NCCCCl)c2ccccc2n1. The molecule has 0 radical (unpaired) electrons. The standard InChI is InChI=1S/C14H16ClN3O/c1-10-9-13(18-14(19)16-8-4-7-15)11-5-2-3-6-12(11)17-10/h2-3,5-6,9H,4,7-8H2,1H3,(H2,16,17,18,19). The maximum atomic E-state index is 11.8. The van der Waals surface area contributed by atoms with Gasteiger partial charge in [0.25, 0.3) is 0 Å². The molecule has 0 unspecified atom stereocenters. The molecular weight excluding hydrogens is 262 g/mol. The molecule has 1 heterocycles. The van der Waals surface area contributed by atoms with E-state index in [4.69, 9.17) is 11.6 Å². The Morgan fingerprint density at radius 3 is 2.95 bits per heavy atom. The average molecular weight is 278 g/mol. The molecule has 0 saturated carbocycles. The second-order valence-electron chi connectivity index (χ2n) is 4.25. The van der Waals surface area contributed by atoms with Gasteiger partial charge in [0, 0.05) is 23.5 Å². The molecule has 0 saturated heterocycles. The van der Waals surface area contributed by atoms with Gasteiger partial charge in [-0.3, -0.25) is 4.98 Å². The van der Waals surface area contributed by atoms with Crippen molar-refractivity contribution in [1.82, 2.24) is 10.3 Å². The molecular formula is C14H16ClN3O. The number of rotatable bonds is 4. The minimum atomic E-state index is -0.221. The van der Waals surface area contributed by atoms with Crippen LogP contribution in [0.2, 0.25) is 0 Å². The van der Waals surface area contributed by atoms with E-state index in [1.807, 2.05) is 37.3 Å². The summed E-state index contributed by atoms with van der Waals surface area (Å²) in [5.41, 5.74) is 2.51. The summed E-state index contributed by atoms with van der Waals surface area (Å²) < 4.78 is 0. The highest BCUT2D eigenvalue weighted by molar-refractivity contribution is 6.17. The summed E-state index contributed by atoms with van der Waals surface area (Å²) in [5, 5.41) is 6.54. The van der Waals surface area contributed by atoms with Gasteiger partial charge in [-0.05, 0) is 25.5 Å². The highest BCUT2D eigenvalue weighted by atomic mass is 35.5. The number of halogens is 1. The third-order valence-electron chi connectivity index (χ3n) is 2.69. The van der Waals surface area contributed by atoms with Gasteiger partial charge >= 0.3 is 6.03 Å². The molecule has 19 heavy (non-hydrogen) atoms. The van der Waals surface area contributed by atoms with Gasteiger partial charge in [0.1, 0.15) is 0 Å². The number of fused-ring (bicyclic) bond motifs is 1. The van der Waals surface area contributed by atoms with Crippen molar-refractivity contribution in [3.05, 3.63) is 36.0 Å². The topological polar surface area (TPSA) is 54.0 Å². The fraction of sp³-hybridized carbons (Fsp3) is 0.286. The van der Waals surface area contributed by atoms with Crippen LogP contribution in [0.5, 0.6) is 0 Å². The Labute approximate surface area is 117 Å². The van der Waals surface area contributed by atoms with Crippen LogP contribution >= 0.6 is 11.6 Å². The second kappa shape index (κ2) is 6.38. The summed E-state index contributed by atoms with van der Waals surface area (Å²) in [6, 6.07) is 9.37. The van der Waals surface area contributed by atoms with E-state index in [0.717, 1.165) is 28.7 Å². The Balaban J connectivity index is 2.18. The molecule has 5 heteroatoms. The summed E-state index contributed by atoms with van der Waals surface area (Å²) in [4.78, 5) is 16.2. The largest absolute Gasteiger partial charge is 0.338 e. The number of benzene rings is 1. The molecule has 0 aliphatic heterocycles. The molecule has 2 rings (SSSR count). The van der Waals surface area contributed by atoms with Crippen molar-refractivity contribution in [2.75, 3.05) is 17.7 Å². The van der Waals surface area contributed by atoms with Crippen LogP contribution in [0.4, 0.5) is 10.5 Å². The van der Waals surface area contributed by atoms with Gasteiger partial charge in [0.15, 0.2) is 0 Å². The molecule has 1 aromatic carbocycles. The first-order valence-corrected chi connectivity index (χ1v) is 6.71. The van der Waals surface area contributed by atoms with Crippen LogP contribution in [0.1, 0.15) is 12.1 Å². The van der Waals surface area contributed by atoms with Crippen LogP contribution in [-0.4, -0.2) is 23.4 Å².